The van der Waals surface area contributed by atoms with Gasteiger partial charge in [-0.05, 0) is 34.2 Å². The standard InChI is InChI=1S/C30H42O7Si/c1-20(2)38(21(3)4,22(5)6)36-19-25-24(15-16-26(33-7)37-25)35-18-12-17-30(32)28(31)27(29(30)34-8)23-13-10-9-11-14-23/h9-11,13-16,20-22,24-26,32H,18-19H2,1-8H3/t24-,25+,26-,30?/m0/s1. The molecular weight excluding hydrogens is 500 g/mol. The molecule has 0 radical (unpaired) electrons. The summed E-state index contributed by atoms with van der Waals surface area (Å²) in [6, 6.07) is 9.09. The van der Waals surface area contributed by atoms with Crippen LogP contribution in [0.1, 0.15) is 47.1 Å². The van der Waals surface area contributed by atoms with Crippen LogP contribution in [0.2, 0.25) is 16.6 Å². The second-order valence-corrected chi connectivity index (χ2v) is 16.1. The van der Waals surface area contributed by atoms with Crippen LogP contribution in [0.5, 0.6) is 0 Å². The fraction of sp³-hybridized carbons (Fsp3) is 0.567. The van der Waals surface area contributed by atoms with Crippen LogP contribution in [0.25, 0.3) is 5.57 Å². The van der Waals surface area contributed by atoms with Gasteiger partial charge in [-0.25, -0.2) is 0 Å². The van der Waals surface area contributed by atoms with Crippen molar-refractivity contribution in [3.8, 4) is 11.8 Å². The molecule has 4 atom stereocenters. The summed E-state index contributed by atoms with van der Waals surface area (Å²) in [6.07, 6.45) is 2.41. The van der Waals surface area contributed by atoms with Crippen molar-refractivity contribution in [3.05, 3.63) is 53.8 Å². The second kappa shape index (κ2) is 12.7. The maximum atomic E-state index is 12.8. The lowest BCUT2D eigenvalue weighted by molar-refractivity contribution is -0.173. The summed E-state index contributed by atoms with van der Waals surface area (Å²) in [5, 5.41) is 10.9. The Morgan fingerprint density at radius 3 is 2.21 bits per heavy atom. The number of ketones is 1. The smallest absolute Gasteiger partial charge is 0.248 e. The molecule has 0 amide bonds. The Bertz CT molecular complexity index is 1060. The molecule has 0 saturated heterocycles. The third kappa shape index (κ3) is 5.84. The van der Waals surface area contributed by atoms with Gasteiger partial charge in [-0.1, -0.05) is 83.9 Å². The summed E-state index contributed by atoms with van der Waals surface area (Å²) in [7, 11) is 0.908. The number of Topliss-reactive ketones (excluding diaryl/α,β-unsaturated/α-hetero) is 1. The highest BCUT2D eigenvalue weighted by atomic mass is 28.4. The third-order valence-electron chi connectivity index (χ3n) is 7.57. The van der Waals surface area contributed by atoms with Crippen molar-refractivity contribution in [1.29, 1.82) is 0 Å². The Labute approximate surface area is 228 Å². The fourth-order valence-electron chi connectivity index (χ4n) is 5.81. The van der Waals surface area contributed by atoms with E-state index in [1.54, 1.807) is 25.3 Å². The molecule has 0 saturated carbocycles. The molecule has 1 aliphatic carbocycles. The summed E-state index contributed by atoms with van der Waals surface area (Å²) in [4.78, 5) is 12.8. The van der Waals surface area contributed by atoms with E-state index < -0.39 is 32.1 Å². The van der Waals surface area contributed by atoms with E-state index in [4.69, 9.17) is 23.4 Å². The summed E-state index contributed by atoms with van der Waals surface area (Å²) in [5.41, 5.74) is 0.355. The Morgan fingerprint density at radius 2 is 1.66 bits per heavy atom. The van der Waals surface area contributed by atoms with Crippen molar-refractivity contribution in [1.82, 2.24) is 0 Å². The van der Waals surface area contributed by atoms with Gasteiger partial charge in [0.2, 0.25) is 11.4 Å². The topological polar surface area (TPSA) is 83.5 Å². The quantitative estimate of drug-likeness (QED) is 0.243. The minimum Gasteiger partial charge on any atom is -0.496 e. The van der Waals surface area contributed by atoms with E-state index in [0.717, 1.165) is 0 Å². The molecule has 1 N–H and O–H groups in total. The van der Waals surface area contributed by atoms with Gasteiger partial charge in [0.15, 0.2) is 20.4 Å². The first-order chi connectivity index (χ1) is 18.0. The van der Waals surface area contributed by atoms with Crippen molar-refractivity contribution < 1.29 is 33.3 Å². The molecule has 0 aromatic heterocycles. The number of ether oxygens (including phenoxy) is 4. The van der Waals surface area contributed by atoms with E-state index in [1.165, 1.54) is 7.11 Å². The van der Waals surface area contributed by atoms with E-state index in [2.05, 4.69) is 53.4 Å². The van der Waals surface area contributed by atoms with E-state index >= 15 is 0 Å². The van der Waals surface area contributed by atoms with Crippen LogP contribution in [-0.4, -0.2) is 70.7 Å². The molecule has 208 valence electrons. The Balaban J connectivity index is 1.72. The molecule has 3 rings (SSSR count). The lowest BCUT2D eigenvalue weighted by atomic mass is 9.75. The number of carbonyl (C=O) groups is 1. The zero-order valence-corrected chi connectivity index (χ0v) is 24.8. The number of hydrogen-bond donors (Lipinski definition) is 1. The first-order valence-corrected chi connectivity index (χ1v) is 15.4. The molecule has 0 fully saturated rings. The van der Waals surface area contributed by atoms with Crippen molar-refractivity contribution in [2.24, 2.45) is 0 Å². The monoisotopic (exact) mass is 542 g/mol. The van der Waals surface area contributed by atoms with Gasteiger partial charge in [0.05, 0.1) is 19.3 Å². The molecule has 1 aliphatic heterocycles. The highest BCUT2D eigenvalue weighted by Gasteiger charge is 2.54. The average Bonchev–Trinajstić information content (AvgIpc) is 2.89. The van der Waals surface area contributed by atoms with Crippen LogP contribution in [0, 0.1) is 11.8 Å². The zero-order chi connectivity index (χ0) is 28.1. The van der Waals surface area contributed by atoms with Crippen LogP contribution < -0.4 is 0 Å². The van der Waals surface area contributed by atoms with Crippen molar-refractivity contribution in [2.75, 3.05) is 27.4 Å². The maximum Gasteiger partial charge on any atom is 0.248 e. The van der Waals surface area contributed by atoms with Gasteiger partial charge < -0.3 is 28.5 Å². The molecule has 0 bridgehead atoms. The first-order valence-electron chi connectivity index (χ1n) is 13.3. The Morgan fingerprint density at radius 1 is 1.03 bits per heavy atom. The number of methoxy groups -OCH3 is 2. The highest BCUT2D eigenvalue weighted by molar-refractivity contribution is 6.77. The Kier molecular flexibility index (Phi) is 10.2. The fourth-order valence-corrected chi connectivity index (χ4v) is 11.3. The molecule has 2 aliphatic rings. The number of carbonyl (C=O) groups excluding carboxylic acids is 1. The second-order valence-electron chi connectivity index (χ2n) is 10.7. The van der Waals surface area contributed by atoms with Gasteiger partial charge in [-0.3, -0.25) is 4.79 Å². The number of aliphatic hydroxyl groups is 1. The number of hydrogen-bond acceptors (Lipinski definition) is 7. The van der Waals surface area contributed by atoms with Crippen molar-refractivity contribution in [3.63, 3.8) is 0 Å². The van der Waals surface area contributed by atoms with E-state index in [0.29, 0.717) is 34.4 Å². The van der Waals surface area contributed by atoms with Crippen LogP contribution in [-0.2, 0) is 28.2 Å². The molecule has 8 heteroatoms. The third-order valence-corrected chi connectivity index (χ3v) is 13.6. The highest BCUT2D eigenvalue weighted by Crippen LogP contribution is 2.43. The van der Waals surface area contributed by atoms with Gasteiger partial charge in [0.25, 0.3) is 0 Å². The van der Waals surface area contributed by atoms with E-state index in [1.807, 2.05) is 24.3 Å². The largest absolute Gasteiger partial charge is 0.496 e. The molecule has 0 spiro atoms. The maximum absolute atomic E-state index is 12.8. The minimum atomic E-state index is -2.11. The molecule has 1 aromatic rings. The normalized spacial score (nSPS) is 25.6. The Hall–Kier alpha value is -2.25. The number of benzene rings is 1. The summed E-state index contributed by atoms with van der Waals surface area (Å²) < 4.78 is 29.7. The summed E-state index contributed by atoms with van der Waals surface area (Å²) in [6.45, 7) is 13.8. The van der Waals surface area contributed by atoms with Gasteiger partial charge in [-0.2, -0.15) is 0 Å². The van der Waals surface area contributed by atoms with Crippen LogP contribution in [0.15, 0.2) is 48.2 Å². The van der Waals surface area contributed by atoms with Gasteiger partial charge >= 0.3 is 0 Å². The average molecular weight is 543 g/mol. The summed E-state index contributed by atoms with van der Waals surface area (Å²) in [5.74, 6) is 5.12. The molecule has 7 nitrogen and oxygen atoms in total. The zero-order valence-electron chi connectivity index (χ0n) is 23.8. The predicted molar refractivity (Wildman–Crippen MR) is 150 cm³/mol. The molecule has 38 heavy (non-hydrogen) atoms. The minimum absolute atomic E-state index is 0.0130. The van der Waals surface area contributed by atoms with Crippen molar-refractivity contribution >= 4 is 19.7 Å². The first kappa shape index (κ1) is 30.3. The predicted octanol–water partition coefficient (Wildman–Crippen LogP) is 4.87. The van der Waals surface area contributed by atoms with Crippen LogP contribution in [0.4, 0.5) is 0 Å². The van der Waals surface area contributed by atoms with Crippen molar-refractivity contribution in [2.45, 2.75) is 82.3 Å². The van der Waals surface area contributed by atoms with Gasteiger partial charge in [-0.15, -0.1) is 0 Å². The van der Waals surface area contributed by atoms with Crippen LogP contribution >= 0.6 is 0 Å². The van der Waals surface area contributed by atoms with Crippen LogP contribution in [0.3, 0.4) is 0 Å². The molecule has 1 unspecified atom stereocenters. The van der Waals surface area contributed by atoms with Gasteiger partial charge in [0.1, 0.15) is 18.8 Å². The molecular formula is C30H42O7Si. The molecule has 1 heterocycles. The van der Waals surface area contributed by atoms with E-state index in [-0.39, 0.29) is 18.5 Å². The van der Waals surface area contributed by atoms with Gasteiger partial charge in [0, 0.05) is 7.11 Å². The van der Waals surface area contributed by atoms with E-state index in [9.17, 15) is 9.90 Å². The summed E-state index contributed by atoms with van der Waals surface area (Å²) >= 11 is 0. The molecule has 1 aromatic carbocycles. The lowest BCUT2D eigenvalue weighted by Crippen LogP contribution is -2.51. The number of rotatable bonds is 11. The lowest BCUT2D eigenvalue weighted by Gasteiger charge is -2.43. The SMILES string of the molecule is COC1=C(c2ccccc2)C(=O)C1(O)C#CCO[C@H]1C=C[C@@H](OC)O[C@@H]1CO[Si](C(C)C)(C(C)C)C(C)C.